The molecule has 0 N–H and O–H groups in total. The Hall–Kier alpha value is -1.82. The maximum Gasteiger partial charge on any atom is 0.398 e. The Bertz CT molecular complexity index is 710. The zero-order valence-corrected chi connectivity index (χ0v) is 13.9. The highest BCUT2D eigenvalue weighted by atomic mass is 32.2. The first-order valence-electron chi connectivity index (χ1n) is 7.03. The Morgan fingerprint density at radius 2 is 1.96 bits per heavy atom. The number of aromatic nitrogens is 1. The van der Waals surface area contributed by atoms with Crippen LogP contribution in [0.4, 0.5) is 18.9 Å². The van der Waals surface area contributed by atoms with Gasteiger partial charge >= 0.3 is 6.18 Å². The molecule has 23 heavy (non-hydrogen) atoms. The number of aliphatic imine (C=N–C) groups is 1. The monoisotopic (exact) mass is 338 g/mol. The van der Waals surface area contributed by atoms with Gasteiger partial charge in [0.1, 0.15) is 0 Å². The summed E-state index contributed by atoms with van der Waals surface area (Å²) in [5.74, 6) is -0.901. The second-order valence-electron chi connectivity index (χ2n) is 5.25. The van der Waals surface area contributed by atoms with E-state index >= 15 is 0 Å². The molecule has 1 aromatic heterocycles. The van der Waals surface area contributed by atoms with E-state index in [1.165, 1.54) is 0 Å². The van der Waals surface area contributed by atoms with E-state index in [0.717, 1.165) is 34.2 Å². The number of halogens is 3. The predicted octanol–water partition coefficient (Wildman–Crippen LogP) is 5.49. The van der Waals surface area contributed by atoms with Crippen molar-refractivity contribution in [3.8, 4) is 0 Å². The molecule has 2 rings (SSSR count). The van der Waals surface area contributed by atoms with E-state index in [0.29, 0.717) is 10.6 Å². The third kappa shape index (κ3) is 5.10. The van der Waals surface area contributed by atoms with Crippen LogP contribution < -0.4 is 0 Å². The molecule has 1 heterocycles. The summed E-state index contributed by atoms with van der Waals surface area (Å²) in [6.07, 6.45) is -0.793. The predicted molar refractivity (Wildman–Crippen MR) is 88.8 cm³/mol. The van der Waals surface area contributed by atoms with Crippen LogP contribution in [0.15, 0.2) is 46.5 Å². The Kier molecular flexibility index (Phi) is 5.46. The largest absolute Gasteiger partial charge is 0.398 e. The van der Waals surface area contributed by atoms with Crippen LogP contribution in [0.5, 0.6) is 0 Å². The molecular weight excluding hydrogens is 321 g/mol. The summed E-state index contributed by atoms with van der Waals surface area (Å²) in [5.41, 5.74) is 4.10. The number of pyridine rings is 1. The number of nitrogens with zero attached hydrogens (tertiary/aromatic N) is 2. The zero-order valence-electron chi connectivity index (χ0n) is 13.1. The number of rotatable bonds is 4. The van der Waals surface area contributed by atoms with Gasteiger partial charge in [-0.05, 0) is 44.0 Å². The minimum Gasteiger partial charge on any atom is -0.264 e. The van der Waals surface area contributed by atoms with E-state index in [-0.39, 0.29) is 0 Å². The van der Waals surface area contributed by atoms with Crippen LogP contribution in [0, 0.1) is 13.8 Å². The molecule has 0 aliphatic carbocycles. The molecule has 122 valence electrons. The van der Waals surface area contributed by atoms with Gasteiger partial charge in [0.15, 0.2) is 0 Å². The van der Waals surface area contributed by atoms with Crippen molar-refractivity contribution in [2.24, 2.45) is 4.99 Å². The first-order chi connectivity index (χ1) is 10.8. The van der Waals surface area contributed by atoms with E-state index in [2.05, 4.69) is 9.98 Å². The maximum atomic E-state index is 12.4. The number of thioether (sulfide) groups is 1. The van der Waals surface area contributed by atoms with Crippen LogP contribution >= 0.6 is 11.8 Å². The number of aryl methyl sites for hydroxylation is 2. The fraction of sp³-hybridized carbons (Fsp3) is 0.294. The van der Waals surface area contributed by atoms with Crippen molar-refractivity contribution in [2.45, 2.75) is 31.8 Å². The summed E-state index contributed by atoms with van der Waals surface area (Å²) in [5, 5.41) is 0. The molecule has 0 bridgehead atoms. The van der Waals surface area contributed by atoms with Crippen molar-refractivity contribution in [2.75, 3.05) is 5.75 Å². The molecule has 6 heteroatoms. The average molecular weight is 338 g/mol. The molecule has 2 aromatic rings. The molecule has 0 saturated heterocycles. The third-order valence-corrected chi connectivity index (χ3v) is 4.47. The third-order valence-electron chi connectivity index (χ3n) is 3.25. The molecule has 0 aliphatic heterocycles. The van der Waals surface area contributed by atoms with E-state index in [1.807, 2.05) is 39.0 Å². The van der Waals surface area contributed by atoms with Gasteiger partial charge in [0.2, 0.25) is 0 Å². The van der Waals surface area contributed by atoms with Crippen LogP contribution in [0.3, 0.4) is 0 Å². The normalized spacial score (nSPS) is 12.5. The Labute approximate surface area is 137 Å². The van der Waals surface area contributed by atoms with Crippen molar-refractivity contribution in [1.29, 1.82) is 0 Å². The van der Waals surface area contributed by atoms with Crippen molar-refractivity contribution in [3.05, 3.63) is 53.3 Å². The Balaban J connectivity index is 2.32. The smallest absolute Gasteiger partial charge is 0.264 e. The van der Waals surface area contributed by atoms with Crippen molar-refractivity contribution in [1.82, 2.24) is 4.98 Å². The summed E-state index contributed by atoms with van der Waals surface area (Å²) in [6, 6.07) is 7.31. The number of benzene rings is 1. The molecule has 0 aliphatic rings. The summed E-state index contributed by atoms with van der Waals surface area (Å²) >= 11 is 0.793. The van der Waals surface area contributed by atoms with Gasteiger partial charge in [-0.25, -0.2) is 0 Å². The van der Waals surface area contributed by atoms with Gasteiger partial charge in [0.25, 0.3) is 0 Å². The van der Waals surface area contributed by atoms with Gasteiger partial charge in [-0.3, -0.25) is 9.98 Å². The lowest BCUT2D eigenvalue weighted by Crippen LogP contribution is -2.10. The van der Waals surface area contributed by atoms with Gasteiger partial charge in [-0.2, -0.15) is 13.2 Å². The van der Waals surface area contributed by atoms with Gasteiger partial charge in [-0.1, -0.05) is 12.1 Å². The fourth-order valence-electron chi connectivity index (χ4n) is 2.08. The minimum atomic E-state index is -4.18. The highest BCUT2D eigenvalue weighted by Crippen LogP contribution is 2.34. The highest BCUT2D eigenvalue weighted by Gasteiger charge is 2.27. The molecule has 0 saturated carbocycles. The molecular formula is C17H17F3N2S. The van der Waals surface area contributed by atoms with Gasteiger partial charge in [0, 0.05) is 28.6 Å². The van der Waals surface area contributed by atoms with Crippen LogP contribution in [0.1, 0.15) is 23.6 Å². The standard InChI is InChI=1S/C17H17F3N2S/c1-11-7-12(2)16(23-10-17(18,19)20)8-15(11)22-13(3)14-5-4-6-21-9-14/h4-9H,10H2,1-3H3. The van der Waals surface area contributed by atoms with E-state index in [1.54, 1.807) is 18.5 Å². The Morgan fingerprint density at radius 1 is 1.22 bits per heavy atom. The summed E-state index contributed by atoms with van der Waals surface area (Å²) in [6.45, 7) is 5.58. The van der Waals surface area contributed by atoms with Crippen LogP contribution in [-0.4, -0.2) is 22.6 Å². The van der Waals surface area contributed by atoms with Gasteiger partial charge in [0.05, 0.1) is 11.4 Å². The zero-order chi connectivity index (χ0) is 17.0. The number of alkyl halides is 3. The highest BCUT2D eigenvalue weighted by molar-refractivity contribution is 7.99. The van der Waals surface area contributed by atoms with Crippen LogP contribution in [0.2, 0.25) is 0 Å². The molecule has 0 spiro atoms. The summed E-state index contributed by atoms with van der Waals surface area (Å²) in [7, 11) is 0. The average Bonchev–Trinajstić information content (AvgIpc) is 2.48. The van der Waals surface area contributed by atoms with Gasteiger partial charge < -0.3 is 0 Å². The van der Waals surface area contributed by atoms with Crippen molar-refractivity contribution < 1.29 is 13.2 Å². The first kappa shape index (κ1) is 17.5. The molecule has 0 amide bonds. The molecule has 1 aromatic carbocycles. The lowest BCUT2D eigenvalue weighted by molar-refractivity contribution is -0.105. The Morgan fingerprint density at radius 3 is 2.57 bits per heavy atom. The number of hydrogen-bond acceptors (Lipinski definition) is 3. The molecule has 0 unspecified atom stereocenters. The van der Waals surface area contributed by atoms with Crippen molar-refractivity contribution >= 4 is 23.2 Å². The number of hydrogen-bond donors (Lipinski definition) is 0. The molecule has 0 atom stereocenters. The van der Waals surface area contributed by atoms with E-state index in [4.69, 9.17) is 0 Å². The summed E-state index contributed by atoms with van der Waals surface area (Å²) in [4.78, 5) is 9.21. The quantitative estimate of drug-likeness (QED) is 0.544. The fourth-order valence-corrected chi connectivity index (χ4v) is 2.88. The van der Waals surface area contributed by atoms with Gasteiger partial charge in [-0.15, -0.1) is 11.8 Å². The van der Waals surface area contributed by atoms with E-state index < -0.39 is 11.9 Å². The first-order valence-corrected chi connectivity index (χ1v) is 8.01. The second kappa shape index (κ2) is 7.17. The topological polar surface area (TPSA) is 25.2 Å². The van der Waals surface area contributed by atoms with Crippen LogP contribution in [-0.2, 0) is 0 Å². The maximum absolute atomic E-state index is 12.4. The lowest BCUT2D eigenvalue weighted by Gasteiger charge is -2.11. The molecule has 0 radical (unpaired) electrons. The minimum absolute atomic E-state index is 0.602. The summed E-state index contributed by atoms with van der Waals surface area (Å²) < 4.78 is 37.3. The van der Waals surface area contributed by atoms with Crippen molar-refractivity contribution in [3.63, 3.8) is 0 Å². The lowest BCUT2D eigenvalue weighted by atomic mass is 10.1. The second-order valence-corrected chi connectivity index (χ2v) is 6.26. The van der Waals surface area contributed by atoms with Crippen LogP contribution in [0.25, 0.3) is 0 Å². The molecule has 2 nitrogen and oxygen atoms in total. The van der Waals surface area contributed by atoms with E-state index in [9.17, 15) is 13.2 Å². The SMILES string of the molecule is CC(=Nc1cc(SCC(F)(F)F)c(C)cc1C)c1cccnc1. The molecule has 0 fully saturated rings.